The number of rotatable bonds is 13. The lowest BCUT2D eigenvalue weighted by atomic mass is 9.89. The minimum absolute atomic E-state index is 0.00138. The van der Waals surface area contributed by atoms with E-state index in [0.717, 1.165) is 75.3 Å². The molecule has 0 saturated heterocycles. The number of carbonyl (C=O) groups excluding carboxylic acids is 1. The number of carbonyl (C=O) groups is 1. The van der Waals surface area contributed by atoms with Crippen molar-refractivity contribution in [3.05, 3.63) is 23.3 Å². The third kappa shape index (κ3) is 7.73. The summed E-state index contributed by atoms with van der Waals surface area (Å²) in [5, 5.41) is 20.2. The first-order valence-electron chi connectivity index (χ1n) is 10.9. The Balaban J connectivity index is 1.73. The number of hydrogen-bond donors (Lipinski definition) is 2. The number of aromatic hydroxyl groups is 2. The van der Waals surface area contributed by atoms with Crippen LogP contribution in [0.2, 0.25) is 0 Å². The fourth-order valence-electron chi connectivity index (χ4n) is 3.85. The zero-order valence-electron chi connectivity index (χ0n) is 17.9. The molecule has 28 heavy (non-hydrogen) atoms. The molecule has 0 amide bonds. The molecule has 158 valence electrons. The van der Waals surface area contributed by atoms with Gasteiger partial charge in [0, 0.05) is 0 Å². The first-order chi connectivity index (χ1) is 13.2. The van der Waals surface area contributed by atoms with Gasteiger partial charge in [-0.15, -0.1) is 0 Å². The summed E-state index contributed by atoms with van der Waals surface area (Å²) >= 11 is 0. The van der Waals surface area contributed by atoms with E-state index in [0.29, 0.717) is 11.9 Å². The van der Waals surface area contributed by atoms with Crippen LogP contribution < -0.4 is 0 Å². The van der Waals surface area contributed by atoms with Crippen LogP contribution in [0.1, 0.15) is 96.1 Å². The quantitative estimate of drug-likeness (QED) is 0.244. The Morgan fingerprint density at radius 3 is 2.32 bits per heavy atom. The van der Waals surface area contributed by atoms with Gasteiger partial charge in [-0.3, -0.25) is 4.79 Å². The van der Waals surface area contributed by atoms with Crippen molar-refractivity contribution in [2.45, 2.75) is 103 Å². The highest BCUT2D eigenvalue weighted by molar-refractivity contribution is 5.47. The van der Waals surface area contributed by atoms with Gasteiger partial charge in [0.15, 0.2) is 11.5 Å². The summed E-state index contributed by atoms with van der Waals surface area (Å²) in [4.78, 5) is 10.5. The number of phenols is 2. The molecule has 0 aliphatic heterocycles. The third-order valence-corrected chi connectivity index (χ3v) is 5.81. The van der Waals surface area contributed by atoms with Crippen molar-refractivity contribution in [3.8, 4) is 11.5 Å². The number of benzene rings is 1. The maximum atomic E-state index is 10.5. The molecule has 0 aromatic heterocycles. The molecule has 1 aromatic rings. The lowest BCUT2D eigenvalue weighted by Gasteiger charge is -2.17. The summed E-state index contributed by atoms with van der Waals surface area (Å²) in [5.74, 6) is 0.0415. The van der Waals surface area contributed by atoms with Gasteiger partial charge in [-0.25, -0.2) is 0 Å². The van der Waals surface area contributed by atoms with Crippen molar-refractivity contribution in [1.82, 2.24) is 0 Å². The van der Waals surface area contributed by atoms with Gasteiger partial charge < -0.3 is 14.9 Å². The first-order valence-corrected chi connectivity index (χ1v) is 10.9. The van der Waals surface area contributed by atoms with E-state index in [9.17, 15) is 15.0 Å². The molecule has 0 unspecified atom stereocenters. The molecule has 4 heteroatoms. The van der Waals surface area contributed by atoms with E-state index < -0.39 is 0 Å². The highest BCUT2D eigenvalue weighted by Crippen LogP contribution is 2.43. The van der Waals surface area contributed by atoms with Crippen LogP contribution in [0, 0.1) is 5.41 Å². The van der Waals surface area contributed by atoms with Crippen molar-refractivity contribution < 1.29 is 19.7 Å². The van der Waals surface area contributed by atoms with E-state index in [2.05, 4.69) is 26.8 Å². The van der Waals surface area contributed by atoms with Gasteiger partial charge in [0.2, 0.25) is 0 Å². The van der Waals surface area contributed by atoms with E-state index in [1.807, 2.05) is 0 Å². The van der Waals surface area contributed by atoms with Crippen LogP contribution >= 0.6 is 0 Å². The Hall–Kier alpha value is -1.71. The summed E-state index contributed by atoms with van der Waals surface area (Å²) in [6, 6.07) is 3.74. The first kappa shape index (κ1) is 22.6. The minimum Gasteiger partial charge on any atom is -0.504 e. The van der Waals surface area contributed by atoms with Crippen LogP contribution in [0.5, 0.6) is 11.5 Å². The molecule has 1 aliphatic rings. The molecule has 2 N–H and O–H groups in total. The average molecular weight is 391 g/mol. The standard InChI is InChI=1S/C24H38O4/c1-23(2,3)12-8-5-7-11-20-16-19(17-21(26)22(20)27)10-6-4-9-13-24(14-15-24)28-18-25/h16-18,26-27H,4-15H2,1-3H3. The molecule has 2 rings (SSSR count). The number of phenolic OH excluding ortho intramolecular Hbond substituents is 2. The summed E-state index contributed by atoms with van der Waals surface area (Å²) in [6.07, 6.45) is 12.4. The highest BCUT2D eigenvalue weighted by atomic mass is 16.5. The normalized spacial score (nSPS) is 15.4. The van der Waals surface area contributed by atoms with E-state index in [4.69, 9.17) is 4.74 Å². The predicted molar refractivity (Wildman–Crippen MR) is 113 cm³/mol. The maximum Gasteiger partial charge on any atom is 0.293 e. The molecular weight excluding hydrogens is 352 g/mol. The molecule has 1 aromatic carbocycles. The lowest BCUT2D eigenvalue weighted by Crippen LogP contribution is -2.12. The van der Waals surface area contributed by atoms with Gasteiger partial charge in [0.05, 0.1) is 0 Å². The Morgan fingerprint density at radius 1 is 1.00 bits per heavy atom. The minimum atomic E-state index is -0.154. The zero-order chi connectivity index (χ0) is 20.6. The number of unbranched alkanes of at least 4 members (excludes halogenated alkanes) is 4. The van der Waals surface area contributed by atoms with E-state index >= 15 is 0 Å². The summed E-state index contributed by atoms with van der Waals surface area (Å²) in [7, 11) is 0. The molecule has 1 saturated carbocycles. The van der Waals surface area contributed by atoms with Crippen LogP contribution in [0.3, 0.4) is 0 Å². The van der Waals surface area contributed by atoms with E-state index in [1.54, 1.807) is 6.07 Å². The van der Waals surface area contributed by atoms with Crippen LogP contribution in [-0.2, 0) is 22.4 Å². The van der Waals surface area contributed by atoms with Crippen molar-refractivity contribution in [2.24, 2.45) is 5.41 Å². The number of hydrogen-bond acceptors (Lipinski definition) is 4. The molecule has 0 spiro atoms. The molecule has 0 bridgehead atoms. The second-order valence-electron chi connectivity index (χ2n) is 9.70. The number of aryl methyl sites for hydroxylation is 2. The molecule has 0 radical (unpaired) electrons. The second-order valence-corrected chi connectivity index (χ2v) is 9.70. The SMILES string of the molecule is CC(C)(C)CCCCCc1cc(CCCCCC2(OC=O)CC2)cc(O)c1O. The summed E-state index contributed by atoms with van der Waals surface area (Å²) in [5.41, 5.74) is 2.17. The monoisotopic (exact) mass is 390 g/mol. The Labute approximate surface area is 170 Å². The largest absolute Gasteiger partial charge is 0.504 e. The van der Waals surface area contributed by atoms with Crippen LogP contribution in [0.25, 0.3) is 0 Å². The van der Waals surface area contributed by atoms with Gasteiger partial charge in [-0.1, -0.05) is 46.1 Å². The predicted octanol–water partition coefficient (Wildman–Crippen LogP) is 6.06. The zero-order valence-corrected chi connectivity index (χ0v) is 17.9. The van der Waals surface area contributed by atoms with Gasteiger partial charge in [-0.05, 0) is 80.4 Å². The summed E-state index contributed by atoms with van der Waals surface area (Å²) < 4.78 is 5.18. The molecule has 4 nitrogen and oxygen atoms in total. The molecule has 1 fully saturated rings. The van der Waals surface area contributed by atoms with Gasteiger partial charge in [0.1, 0.15) is 5.60 Å². The fraction of sp³-hybridized carbons (Fsp3) is 0.708. The maximum absolute atomic E-state index is 10.5. The van der Waals surface area contributed by atoms with Crippen LogP contribution in [-0.4, -0.2) is 22.3 Å². The topological polar surface area (TPSA) is 66.8 Å². The van der Waals surface area contributed by atoms with Crippen molar-refractivity contribution >= 4 is 6.47 Å². The van der Waals surface area contributed by atoms with E-state index in [-0.39, 0.29) is 17.1 Å². The molecule has 1 aliphatic carbocycles. The molecule has 0 heterocycles. The average Bonchev–Trinajstić information content (AvgIpc) is 3.37. The smallest absolute Gasteiger partial charge is 0.293 e. The van der Waals surface area contributed by atoms with Gasteiger partial charge >= 0.3 is 0 Å². The Bertz CT molecular complexity index is 626. The Morgan fingerprint density at radius 2 is 1.68 bits per heavy atom. The molecule has 0 atom stereocenters. The number of ether oxygens (including phenoxy) is 1. The van der Waals surface area contributed by atoms with Crippen molar-refractivity contribution in [2.75, 3.05) is 0 Å². The van der Waals surface area contributed by atoms with Crippen molar-refractivity contribution in [3.63, 3.8) is 0 Å². The lowest BCUT2D eigenvalue weighted by molar-refractivity contribution is -0.135. The molecular formula is C24H38O4. The van der Waals surface area contributed by atoms with Crippen LogP contribution in [0.15, 0.2) is 12.1 Å². The van der Waals surface area contributed by atoms with E-state index in [1.165, 1.54) is 12.8 Å². The third-order valence-electron chi connectivity index (χ3n) is 5.81. The highest BCUT2D eigenvalue weighted by Gasteiger charge is 2.44. The Kier molecular flexibility index (Phi) is 8.21. The summed E-state index contributed by atoms with van der Waals surface area (Å²) in [6.45, 7) is 7.37. The van der Waals surface area contributed by atoms with Crippen LogP contribution in [0.4, 0.5) is 0 Å². The fourth-order valence-corrected chi connectivity index (χ4v) is 3.85. The van der Waals surface area contributed by atoms with Gasteiger partial charge in [-0.2, -0.15) is 0 Å². The van der Waals surface area contributed by atoms with Crippen molar-refractivity contribution in [1.29, 1.82) is 0 Å². The second kappa shape index (κ2) is 10.2. The van der Waals surface area contributed by atoms with Gasteiger partial charge in [0.25, 0.3) is 6.47 Å².